The fraction of sp³-hybridized carbons (Fsp3) is 0.975. The molecule has 15 heteroatoms. The first kappa shape index (κ1) is 46.9. The number of carbonyl (C=O) groups excluding carboxylic acids is 1. The van der Waals surface area contributed by atoms with Crippen molar-refractivity contribution in [2.45, 2.75) is 178 Å². The normalized spacial score (nSPS) is 48.9. The second-order valence-corrected chi connectivity index (χ2v) is 22.5. The predicted octanol–water partition coefficient (Wildman–Crippen LogP) is 1.53. The number of aliphatic hydroxyl groups is 5. The van der Waals surface area contributed by atoms with Crippen molar-refractivity contribution < 1.29 is 58.2 Å². The molecule has 4 fully saturated rings. The van der Waals surface area contributed by atoms with Crippen molar-refractivity contribution in [2.24, 2.45) is 23.7 Å². The second-order valence-electron chi connectivity index (χ2n) is 19.0. The molecule has 0 aromatic rings. The highest BCUT2D eigenvalue weighted by molar-refractivity contribution is 8.01. The molecule has 55 heavy (non-hydrogen) atoms. The van der Waals surface area contributed by atoms with Gasteiger partial charge < -0.3 is 54.1 Å². The maximum absolute atomic E-state index is 14.2. The summed E-state index contributed by atoms with van der Waals surface area (Å²) in [6.45, 7) is 15.3. The second kappa shape index (κ2) is 17.8. The van der Waals surface area contributed by atoms with E-state index in [1.54, 1.807) is 40.2 Å². The third kappa shape index (κ3) is 10.5. The first-order valence-electron chi connectivity index (χ1n) is 20.4. The van der Waals surface area contributed by atoms with Crippen LogP contribution in [-0.4, -0.2) is 176 Å². The van der Waals surface area contributed by atoms with Gasteiger partial charge in [-0.05, 0) is 118 Å². The molecule has 5 N–H and O–H groups in total. The molecule has 18 atom stereocenters. The number of carbonyl (C=O) groups is 1. The van der Waals surface area contributed by atoms with Crippen molar-refractivity contribution >= 4 is 15.9 Å². The summed E-state index contributed by atoms with van der Waals surface area (Å²) in [6, 6.07) is -0.812. The molecule has 0 aromatic heterocycles. The quantitative estimate of drug-likeness (QED) is 0.153. The van der Waals surface area contributed by atoms with Gasteiger partial charge in [0, 0.05) is 32.2 Å². The summed E-state index contributed by atoms with van der Waals surface area (Å²) in [5.74, 6) is -2.47. The Morgan fingerprint density at radius 3 is 2.20 bits per heavy atom. The molecule has 4 rings (SSSR count). The predicted molar refractivity (Wildman–Crippen MR) is 211 cm³/mol. The molecular weight excluding hydrogens is 733 g/mol. The van der Waals surface area contributed by atoms with Gasteiger partial charge in [-0.1, -0.05) is 23.8 Å². The van der Waals surface area contributed by atoms with Crippen LogP contribution in [0.2, 0.25) is 0 Å². The van der Waals surface area contributed by atoms with Crippen LogP contribution < -0.4 is 0 Å². The van der Waals surface area contributed by atoms with E-state index in [4.69, 9.17) is 23.7 Å². The first-order chi connectivity index (χ1) is 25.2. The molecule has 14 nitrogen and oxygen atoms in total. The van der Waals surface area contributed by atoms with Gasteiger partial charge in [0.05, 0.1) is 53.5 Å². The van der Waals surface area contributed by atoms with E-state index in [2.05, 4.69) is 0 Å². The van der Waals surface area contributed by atoms with Crippen LogP contribution in [0.25, 0.3) is 0 Å². The lowest BCUT2D eigenvalue weighted by Gasteiger charge is -2.50. The molecule has 3 aliphatic heterocycles. The van der Waals surface area contributed by atoms with E-state index < -0.39 is 106 Å². The SMILES string of the molecule is CO[C@]1(C)C[C@H](O[C@H]2[C@H](C)[C@@H](C[C@@H]3O[C@H](C)C[C@H](N(C)C[SH](C)(C)=O)[C@H]3O)[C@](C)(O)C[C@@H](C)CN(C)[C@H](C)[C@@H](O)[C@@]3(O)CC[C@H]3OC(=O)[C@@H]2C)O[C@@H](C)[C@@H]1O. The molecule has 4 aliphatic rings. The number of thiol groups is 1. The van der Waals surface area contributed by atoms with Crippen molar-refractivity contribution in [1.29, 1.82) is 0 Å². The van der Waals surface area contributed by atoms with Crippen LogP contribution in [0.4, 0.5) is 0 Å². The van der Waals surface area contributed by atoms with Crippen molar-refractivity contribution in [1.82, 2.24) is 9.80 Å². The summed E-state index contributed by atoms with van der Waals surface area (Å²) >= 11 is 0. The highest BCUT2D eigenvalue weighted by Crippen LogP contribution is 2.45. The maximum atomic E-state index is 14.2. The number of likely N-dealkylation sites (N-methyl/N-ethyl adjacent to an activating group) is 2. The number of nitrogens with zero attached hydrogens (tertiary/aromatic N) is 2. The smallest absolute Gasteiger partial charge is 0.311 e. The zero-order valence-electron chi connectivity index (χ0n) is 35.8. The molecule has 3 saturated heterocycles. The van der Waals surface area contributed by atoms with Gasteiger partial charge in [0.2, 0.25) is 0 Å². The zero-order chi connectivity index (χ0) is 41.6. The van der Waals surface area contributed by atoms with Crippen molar-refractivity contribution in [2.75, 3.05) is 46.1 Å². The number of methoxy groups -OCH3 is 1. The van der Waals surface area contributed by atoms with Crippen LogP contribution in [0.15, 0.2) is 0 Å². The topological polar surface area (TPSA) is 188 Å². The molecule has 324 valence electrons. The van der Waals surface area contributed by atoms with E-state index in [-0.39, 0.29) is 37.3 Å². The third-order valence-corrected chi connectivity index (χ3v) is 14.7. The monoisotopic (exact) mass is 809 g/mol. The van der Waals surface area contributed by atoms with E-state index in [1.165, 1.54) is 7.11 Å². The Balaban J connectivity index is 1.79. The van der Waals surface area contributed by atoms with Crippen molar-refractivity contribution in [3.8, 4) is 0 Å². The summed E-state index contributed by atoms with van der Waals surface area (Å²) in [6.07, 6.45) is -2.03. The number of hydrogen-bond acceptors (Lipinski definition) is 14. The number of aliphatic hydroxyl groups excluding tert-OH is 3. The van der Waals surface area contributed by atoms with Gasteiger partial charge in [0.25, 0.3) is 0 Å². The van der Waals surface area contributed by atoms with Gasteiger partial charge in [0.15, 0.2) is 6.29 Å². The number of esters is 1. The van der Waals surface area contributed by atoms with E-state index >= 15 is 0 Å². The van der Waals surface area contributed by atoms with Crippen LogP contribution in [0.3, 0.4) is 0 Å². The lowest BCUT2D eigenvalue weighted by Crippen LogP contribution is -2.66. The average Bonchev–Trinajstić information content (AvgIpc) is 3.08. The van der Waals surface area contributed by atoms with Crippen molar-refractivity contribution in [3.05, 3.63) is 0 Å². The summed E-state index contributed by atoms with van der Waals surface area (Å²) in [7, 11) is 2.82. The minimum Gasteiger partial charge on any atom is -0.459 e. The molecule has 0 spiro atoms. The van der Waals surface area contributed by atoms with Crippen LogP contribution in [0.5, 0.6) is 0 Å². The Labute approximate surface area is 331 Å². The van der Waals surface area contributed by atoms with Crippen LogP contribution in [0, 0.1) is 23.7 Å². The maximum Gasteiger partial charge on any atom is 0.311 e. The van der Waals surface area contributed by atoms with Crippen LogP contribution >= 0.6 is 0 Å². The standard InChI is InChI=1S/C40H76N2O12S/c1-22-18-38(7,47)28(17-30-33(43)29(16-23(2)51-30)42(10)21-55(12,13)49)24(3)34(54-32-19-39(8,50-11)36(45)27(6)52-32)25(4)37(46)53-31-14-15-40(31,48)35(44)26(5)41(9)20-22/h22-36,43-45,47-48,55H,14-21H2,1-13H3/t22-,23-,24-,25-,26-,27+,28-,29+,30+,31-,32+,33-,34+,35-,36+,38-,39-,40-/m1/s1. The minimum atomic E-state index is -2.44. The van der Waals surface area contributed by atoms with E-state index in [9.17, 15) is 34.5 Å². The minimum absolute atomic E-state index is 0.0827. The Morgan fingerprint density at radius 1 is 1.00 bits per heavy atom. The van der Waals surface area contributed by atoms with E-state index in [0.29, 0.717) is 31.7 Å². The summed E-state index contributed by atoms with van der Waals surface area (Å²) in [5.41, 5.74) is -4.01. The third-order valence-electron chi connectivity index (χ3n) is 13.6. The summed E-state index contributed by atoms with van der Waals surface area (Å²) in [5, 5.41) is 58.8. The van der Waals surface area contributed by atoms with Gasteiger partial charge in [-0.2, -0.15) is 0 Å². The molecule has 0 amide bonds. The van der Waals surface area contributed by atoms with Gasteiger partial charge in [-0.3, -0.25) is 13.9 Å². The highest BCUT2D eigenvalue weighted by atomic mass is 32.2. The van der Waals surface area contributed by atoms with E-state index in [1.807, 2.05) is 51.6 Å². The fourth-order valence-electron chi connectivity index (χ4n) is 10.1. The molecule has 0 radical (unpaired) electrons. The average molecular weight is 809 g/mol. The number of hydrogen-bond donors (Lipinski definition) is 6. The first-order valence-corrected chi connectivity index (χ1v) is 23.2. The summed E-state index contributed by atoms with van der Waals surface area (Å²) in [4.78, 5) is 18.1. The molecule has 0 unspecified atom stereocenters. The summed E-state index contributed by atoms with van der Waals surface area (Å²) < 4.78 is 44.1. The Hall–Kier alpha value is -0.820. The number of ether oxygens (including phenoxy) is 5. The van der Waals surface area contributed by atoms with Gasteiger partial charge >= 0.3 is 5.97 Å². The van der Waals surface area contributed by atoms with Crippen molar-refractivity contribution in [3.63, 3.8) is 0 Å². The number of fused-ring (bicyclic) bond motifs is 1. The van der Waals surface area contributed by atoms with Crippen LogP contribution in [0.1, 0.15) is 93.9 Å². The molecule has 1 aliphatic carbocycles. The van der Waals surface area contributed by atoms with Gasteiger partial charge in [-0.15, -0.1) is 0 Å². The fourth-order valence-corrected chi connectivity index (χ4v) is 11.4. The largest absolute Gasteiger partial charge is 0.459 e. The Morgan fingerprint density at radius 2 is 1.64 bits per heavy atom. The molecule has 1 saturated carbocycles. The zero-order valence-corrected chi connectivity index (χ0v) is 36.6. The Kier molecular flexibility index (Phi) is 15.2. The molecular formula is C40H76N2O12S. The Bertz CT molecular complexity index is 1340. The molecule has 0 aromatic carbocycles. The van der Waals surface area contributed by atoms with Gasteiger partial charge in [0.1, 0.15) is 23.9 Å². The lowest BCUT2D eigenvalue weighted by molar-refractivity contribution is -0.299. The lowest BCUT2D eigenvalue weighted by atomic mass is 9.68. The highest BCUT2D eigenvalue weighted by Gasteiger charge is 2.57. The molecule has 3 heterocycles. The van der Waals surface area contributed by atoms with E-state index in [0.717, 1.165) is 0 Å². The van der Waals surface area contributed by atoms with Crippen LogP contribution in [-0.2, 0) is 38.4 Å². The molecule has 0 bridgehead atoms. The van der Waals surface area contributed by atoms with Gasteiger partial charge in [-0.25, -0.2) is 0 Å². The number of rotatable bonds is 8.